The monoisotopic (exact) mass is 325 g/mol. The molecular formula is C14H10Cl2FN3O. The maximum atomic E-state index is 13.4. The first-order chi connectivity index (χ1) is 10.0. The lowest BCUT2D eigenvalue weighted by Gasteiger charge is -2.10. The van der Waals surface area contributed by atoms with Crippen molar-refractivity contribution < 1.29 is 9.13 Å². The maximum absolute atomic E-state index is 13.4. The van der Waals surface area contributed by atoms with E-state index >= 15 is 0 Å². The molecule has 0 aliphatic rings. The largest absolute Gasteiger partial charge is 0.489 e. The Morgan fingerprint density at radius 1 is 1.38 bits per heavy atom. The highest BCUT2D eigenvalue weighted by Crippen LogP contribution is 2.28. The molecule has 0 aliphatic heterocycles. The molecule has 0 aliphatic carbocycles. The number of aromatic nitrogens is 1. The molecule has 0 unspecified atom stereocenters. The van der Waals surface area contributed by atoms with Gasteiger partial charge in [0.2, 0.25) is 0 Å². The third-order valence-electron chi connectivity index (χ3n) is 2.76. The molecule has 0 saturated heterocycles. The Morgan fingerprint density at radius 2 is 2.14 bits per heavy atom. The van der Waals surface area contributed by atoms with Crippen LogP contribution in [0.2, 0.25) is 10.0 Å². The minimum atomic E-state index is -0.538. The van der Waals surface area contributed by atoms with Crippen molar-refractivity contribution in [3.8, 4) is 11.8 Å². The van der Waals surface area contributed by atoms with Crippen LogP contribution in [0.1, 0.15) is 11.1 Å². The second-order valence-electron chi connectivity index (χ2n) is 4.14. The highest BCUT2D eigenvalue weighted by atomic mass is 35.5. The highest BCUT2D eigenvalue weighted by Gasteiger charge is 2.11. The number of benzene rings is 1. The molecule has 4 nitrogen and oxygen atoms in total. The van der Waals surface area contributed by atoms with Gasteiger partial charge in [-0.3, -0.25) is 0 Å². The van der Waals surface area contributed by atoms with Crippen LogP contribution in [0, 0.1) is 17.1 Å². The normalized spacial score (nSPS) is 10.2. The molecule has 0 atom stereocenters. The number of nitrogens with zero attached hydrogens (tertiary/aromatic N) is 2. The van der Waals surface area contributed by atoms with Gasteiger partial charge in [0.15, 0.2) is 11.6 Å². The minimum absolute atomic E-state index is 0.0250. The summed E-state index contributed by atoms with van der Waals surface area (Å²) in [7, 11) is 0. The van der Waals surface area contributed by atoms with Crippen molar-refractivity contribution in [3.05, 3.63) is 51.4 Å². The van der Waals surface area contributed by atoms with E-state index in [4.69, 9.17) is 38.9 Å². The number of ether oxygens (including phenoxy) is 1. The molecule has 0 radical (unpaired) electrons. The average Bonchev–Trinajstić information content (AvgIpc) is 2.48. The van der Waals surface area contributed by atoms with Crippen molar-refractivity contribution in [1.29, 1.82) is 5.26 Å². The Balaban J connectivity index is 2.09. The molecule has 1 heterocycles. The van der Waals surface area contributed by atoms with E-state index in [2.05, 4.69) is 4.98 Å². The Kier molecular flexibility index (Phi) is 4.84. The van der Waals surface area contributed by atoms with Crippen LogP contribution in [-0.2, 0) is 6.42 Å². The van der Waals surface area contributed by atoms with E-state index in [1.807, 2.05) is 6.07 Å². The van der Waals surface area contributed by atoms with Gasteiger partial charge in [-0.2, -0.15) is 5.26 Å². The van der Waals surface area contributed by atoms with Gasteiger partial charge in [0.05, 0.1) is 17.2 Å². The number of pyridine rings is 1. The van der Waals surface area contributed by atoms with Crippen LogP contribution in [0.3, 0.4) is 0 Å². The van der Waals surface area contributed by atoms with Gasteiger partial charge in [-0.05, 0) is 17.7 Å². The molecule has 2 aromatic rings. The minimum Gasteiger partial charge on any atom is -0.489 e. The average molecular weight is 326 g/mol. The third-order valence-corrected chi connectivity index (χ3v) is 3.52. The molecule has 108 valence electrons. The fourth-order valence-corrected chi connectivity index (χ4v) is 2.25. The molecule has 0 fully saturated rings. The second-order valence-corrected chi connectivity index (χ2v) is 4.92. The van der Waals surface area contributed by atoms with Crippen LogP contribution < -0.4 is 10.5 Å². The summed E-state index contributed by atoms with van der Waals surface area (Å²) >= 11 is 11.8. The lowest BCUT2D eigenvalue weighted by Crippen LogP contribution is -2.06. The summed E-state index contributed by atoms with van der Waals surface area (Å²) in [5.41, 5.74) is 6.44. The standard InChI is InChI=1S/C14H10Cl2FN3O/c15-10-1-2-11(17)13(16)9(10)3-4-21-12-5-8(6-18)7-20-14(12)19/h1-2,5,7H,3-4H2,(H2,19,20). The van der Waals surface area contributed by atoms with Crippen molar-refractivity contribution in [2.45, 2.75) is 6.42 Å². The fourth-order valence-electron chi connectivity index (χ4n) is 1.69. The Hall–Kier alpha value is -2.03. The predicted octanol–water partition coefficient (Wildman–Crippen LogP) is 3.60. The summed E-state index contributed by atoms with van der Waals surface area (Å²) in [5.74, 6) is -0.0770. The summed E-state index contributed by atoms with van der Waals surface area (Å²) in [6.45, 7) is 0.170. The molecule has 7 heteroatoms. The van der Waals surface area contributed by atoms with E-state index in [0.29, 0.717) is 22.6 Å². The zero-order chi connectivity index (χ0) is 15.4. The molecule has 1 aromatic heterocycles. The van der Waals surface area contributed by atoms with E-state index in [9.17, 15) is 4.39 Å². The lowest BCUT2D eigenvalue weighted by molar-refractivity contribution is 0.322. The van der Waals surface area contributed by atoms with E-state index < -0.39 is 5.82 Å². The quantitative estimate of drug-likeness (QED) is 0.871. The molecule has 0 amide bonds. The van der Waals surface area contributed by atoms with Crippen LogP contribution in [-0.4, -0.2) is 11.6 Å². The smallest absolute Gasteiger partial charge is 0.166 e. The number of nitrogen functional groups attached to an aromatic ring is 1. The van der Waals surface area contributed by atoms with Crippen molar-refractivity contribution >= 4 is 29.0 Å². The molecule has 0 saturated carbocycles. The van der Waals surface area contributed by atoms with E-state index in [1.54, 1.807) is 0 Å². The van der Waals surface area contributed by atoms with E-state index in [0.717, 1.165) is 0 Å². The number of hydrogen-bond donors (Lipinski definition) is 1. The molecule has 2 N–H and O–H groups in total. The van der Waals surface area contributed by atoms with Crippen LogP contribution >= 0.6 is 23.2 Å². The first-order valence-corrected chi connectivity index (χ1v) is 6.69. The number of nitriles is 1. The zero-order valence-corrected chi connectivity index (χ0v) is 12.2. The molecule has 21 heavy (non-hydrogen) atoms. The molecule has 2 rings (SSSR count). The third kappa shape index (κ3) is 3.54. The molecule has 0 spiro atoms. The molecule has 1 aromatic carbocycles. The second kappa shape index (κ2) is 6.61. The SMILES string of the molecule is N#Cc1cnc(N)c(OCCc2c(Cl)ccc(F)c2Cl)c1. The van der Waals surface area contributed by atoms with E-state index in [1.165, 1.54) is 24.4 Å². The van der Waals surface area contributed by atoms with Crippen molar-refractivity contribution in [1.82, 2.24) is 4.98 Å². The van der Waals surface area contributed by atoms with Gasteiger partial charge in [0.1, 0.15) is 11.9 Å². The van der Waals surface area contributed by atoms with Gasteiger partial charge in [0, 0.05) is 23.7 Å². The van der Waals surface area contributed by atoms with Crippen molar-refractivity contribution in [2.75, 3.05) is 12.3 Å². The van der Waals surface area contributed by atoms with Gasteiger partial charge < -0.3 is 10.5 Å². The Bertz CT molecular complexity index is 716. The number of nitrogens with two attached hydrogens (primary N) is 1. The van der Waals surface area contributed by atoms with Gasteiger partial charge >= 0.3 is 0 Å². The highest BCUT2D eigenvalue weighted by molar-refractivity contribution is 6.36. The summed E-state index contributed by atoms with van der Waals surface area (Å²) < 4.78 is 18.8. The van der Waals surface area contributed by atoms with Crippen LogP contribution in [0.4, 0.5) is 10.2 Å². The first-order valence-electron chi connectivity index (χ1n) is 5.93. The van der Waals surface area contributed by atoms with Gasteiger partial charge in [-0.25, -0.2) is 9.37 Å². The Morgan fingerprint density at radius 3 is 2.86 bits per heavy atom. The van der Waals surface area contributed by atoms with Crippen molar-refractivity contribution in [3.63, 3.8) is 0 Å². The number of halogens is 3. The summed E-state index contributed by atoms with van der Waals surface area (Å²) in [4.78, 5) is 3.84. The lowest BCUT2D eigenvalue weighted by atomic mass is 10.1. The number of rotatable bonds is 4. The fraction of sp³-hybridized carbons (Fsp3) is 0.143. The molecule has 0 bridgehead atoms. The van der Waals surface area contributed by atoms with Gasteiger partial charge in [-0.15, -0.1) is 0 Å². The summed E-state index contributed by atoms with van der Waals surface area (Å²) in [5, 5.41) is 9.13. The van der Waals surface area contributed by atoms with Gasteiger partial charge in [-0.1, -0.05) is 23.2 Å². The van der Waals surface area contributed by atoms with E-state index in [-0.39, 0.29) is 23.2 Å². The Labute approximate surface area is 130 Å². The van der Waals surface area contributed by atoms with Crippen LogP contribution in [0.15, 0.2) is 24.4 Å². The zero-order valence-electron chi connectivity index (χ0n) is 10.7. The van der Waals surface area contributed by atoms with Crippen LogP contribution in [0.5, 0.6) is 5.75 Å². The first kappa shape index (κ1) is 15.4. The number of hydrogen-bond acceptors (Lipinski definition) is 4. The summed E-state index contributed by atoms with van der Waals surface area (Å²) in [6.07, 6.45) is 1.65. The number of anilines is 1. The molecular weight excluding hydrogens is 316 g/mol. The predicted molar refractivity (Wildman–Crippen MR) is 79.0 cm³/mol. The van der Waals surface area contributed by atoms with Crippen LogP contribution in [0.25, 0.3) is 0 Å². The van der Waals surface area contributed by atoms with Crippen molar-refractivity contribution in [2.24, 2.45) is 0 Å². The maximum Gasteiger partial charge on any atom is 0.166 e. The van der Waals surface area contributed by atoms with Gasteiger partial charge in [0.25, 0.3) is 0 Å². The summed E-state index contributed by atoms with van der Waals surface area (Å²) in [6, 6.07) is 6.06. The topological polar surface area (TPSA) is 71.9 Å².